The molecule has 0 spiro atoms. The molecule has 39 heavy (non-hydrogen) atoms. The predicted octanol–water partition coefficient (Wildman–Crippen LogP) is 8.58. The van der Waals surface area contributed by atoms with Gasteiger partial charge < -0.3 is 4.74 Å². The molecule has 1 aliphatic carbocycles. The minimum atomic E-state index is -0.157. The van der Waals surface area contributed by atoms with Crippen LogP contribution in [-0.4, -0.2) is 15.9 Å². The first kappa shape index (κ1) is 26.0. The summed E-state index contributed by atoms with van der Waals surface area (Å²) in [5, 5.41) is 7.46. The summed E-state index contributed by atoms with van der Waals surface area (Å²) in [6, 6.07) is 25.9. The average molecular weight is 645 g/mol. The van der Waals surface area contributed by atoms with Crippen molar-refractivity contribution in [1.29, 1.82) is 0 Å². The van der Waals surface area contributed by atoms with E-state index in [1.807, 2.05) is 60.7 Å². The first-order valence-electron chi connectivity index (χ1n) is 13.2. The van der Waals surface area contributed by atoms with E-state index in [9.17, 15) is 4.79 Å². The Morgan fingerprint density at radius 2 is 1.67 bits per heavy atom. The molecular formula is C32H27Br2N3O2. The van der Waals surface area contributed by atoms with Gasteiger partial charge in [-0.3, -0.25) is 4.79 Å². The summed E-state index contributed by atoms with van der Waals surface area (Å²) < 4.78 is 9.69. The van der Waals surface area contributed by atoms with Gasteiger partial charge in [0.15, 0.2) is 0 Å². The van der Waals surface area contributed by atoms with Crippen LogP contribution < -0.4 is 10.3 Å². The van der Waals surface area contributed by atoms with Crippen molar-refractivity contribution >= 4 is 59.7 Å². The van der Waals surface area contributed by atoms with Crippen LogP contribution in [-0.2, 0) is 6.61 Å². The van der Waals surface area contributed by atoms with Crippen LogP contribution in [0.15, 0.2) is 97.7 Å². The van der Waals surface area contributed by atoms with Gasteiger partial charge in [0, 0.05) is 20.4 Å². The van der Waals surface area contributed by atoms with E-state index in [1.54, 1.807) is 6.21 Å². The Balaban J connectivity index is 1.46. The molecule has 1 aromatic heterocycles. The number of aromatic nitrogens is 2. The maximum absolute atomic E-state index is 13.8. The summed E-state index contributed by atoms with van der Waals surface area (Å²) in [5.74, 6) is 1.66. The van der Waals surface area contributed by atoms with Gasteiger partial charge in [-0.25, -0.2) is 4.98 Å². The van der Waals surface area contributed by atoms with Crippen LogP contribution in [0.1, 0.15) is 55.0 Å². The van der Waals surface area contributed by atoms with Crippen molar-refractivity contribution < 1.29 is 4.74 Å². The van der Waals surface area contributed by atoms with E-state index in [-0.39, 0.29) is 11.5 Å². The summed E-state index contributed by atoms with van der Waals surface area (Å²) in [5.41, 5.74) is 2.45. The average Bonchev–Trinajstić information content (AvgIpc) is 2.97. The third-order valence-corrected chi connectivity index (χ3v) is 8.37. The highest BCUT2D eigenvalue weighted by Gasteiger charge is 2.22. The Morgan fingerprint density at radius 1 is 0.897 bits per heavy atom. The normalized spacial score (nSPS) is 14.4. The molecule has 0 amide bonds. The zero-order valence-corrected chi connectivity index (χ0v) is 24.5. The number of hydrogen-bond donors (Lipinski definition) is 0. The zero-order chi connectivity index (χ0) is 26.8. The molecular weight excluding hydrogens is 618 g/mol. The molecule has 5 aromatic rings. The van der Waals surface area contributed by atoms with Crippen LogP contribution in [0.4, 0.5) is 0 Å². The van der Waals surface area contributed by atoms with Gasteiger partial charge >= 0.3 is 0 Å². The Kier molecular flexibility index (Phi) is 7.62. The van der Waals surface area contributed by atoms with Crippen molar-refractivity contribution in [2.75, 3.05) is 0 Å². The zero-order valence-electron chi connectivity index (χ0n) is 21.3. The lowest BCUT2D eigenvalue weighted by Gasteiger charge is -2.23. The van der Waals surface area contributed by atoms with Gasteiger partial charge in [0.2, 0.25) is 0 Å². The molecule has 4 aromatic carbocycles. The highest BCUT2D eigenvalue weighted by Crippen LogP contribution is 2.32. The minimum absolute atomic E-state index is 0.157. The summed E-state index contributed by atoms with van der Waals surface area (Å²) in [4.78, 5) is 18.8. The first-order chi connectivity index (χ1) is 19.1. The third-order valence-electron chi connectivity index (χ3n) is 7.34. The quantitative estimate of drug-likeness (QED) is 0.174. The summed E-state index contributed by atoms with van der Waals surface area (Å²) >= 11 is 6.99. The number of fused-ring (bicyclic) bond motifs is 2. The molecule has 0 unspecified atom stereocenters. The number of halogens is 2. The van der Waals surface area contributed by atoms with Gasteiger partial charge in [0.1, 0.15) is 18.2 Å². The smallest absolute Gasteiger partial charge is 0.282 e. The van der Waals surface area contributed by atoms with Crippen LogP contribution in [0.25, 0.3) is 21.7 Å². The number of rotatable bonds is 6. The van der Waals surface area contributed by atoms with E-state index in [0.717, 1.165) is 62.4 Å². The SMILES string of the molecule is O=c1c2cc(Br)ccc2nc(C2CCCCC2)n1N=Cc1c(OCc2ccc(Br)cc2)ccc2ccccc12. The summed E-state index contributed by atoms with van der Waals surface area (Å²) in [7, 11) is 0. The number of nitrogens with zero attached hydrogens (tertiary/aromatic N) is 3. The van der Waals surface area contributed by atoms with Gasteiger partial charge in [-0.15, -0.1) is 0 Å². The van der Waals surface area contributed by atoms with Gasteiger partial charge in [0.25, 0.3) is 5.56 Å². The van der Waals surface area contributed by atoms with Crippen molar-refractivity contribution in [1.82, 2.24) is 9.66 Å². The molecule has 0 bridgehead atoms. The van der Waals surface area contributed by atoms with Crippen LogP contribution >= 0.6 is 31.9 Å². The van der Waals surface area contributed by atoms with Crippen molar-refractivity contribution in [3.8, 4) is 5.75 Å². The maximum atomic E-state index is 13.8. The number of ether oxygens (including phenoxy) is 1. The van der Waals surface area contributed by atoms with Crippen LogP contribution in [0, 0.1) is 0 Å². The molecule has 0 N–H and O–H groups in total. The van der Waals surface area contributed by atoms with E-state index in [4.69, 9.17) is 14.8 Å². The van der Waals surface area contributed by atoms with Gasteiger partial charge in [-0.1, -0.05) is 93.6 Å². The predicted molar refractivity (Wildman–Crippen MR) is 165 cm³/mol. The van der Waals surface area contributed by atoms with Gasteiger partial charge in [-0.05, 0) is 65.6 Å². The molecule has 0 aliphatic heterocycles. The Morgan fingerprint density at radius 3 is 2.49 bits per heavy atom. The maximum Gasteiger partial charge on any atom is 0.282 e. The lowest BCUT2D eigenvalue weighted by molar-refractivity contribution is 0.306. The second kappa shape index (κ2) is 11.4. The van der Waals surface area contributed by atoms with Crippen molar-refractivity contribution in [2.45, 2.75) is 44.6 Å². The molecule has 7 heteroatoms. The molecule has 5 nitrogen and oxygen atoms in total. The summed E-state index contributed by atoms with van der Waals surface area (Å²) in [6.45, 7) is 0.422. The third kappa shape index (κ3) is 5.56. The Labute approximate surface area is 243 Å². The summed E-state index contributed by atoms with van der Waals surface area (Å²) in [6.07, 6.45) is 7.29. The van der Waals surface area contributed by atoms with E-state index < -0.39 is 0 Å². The van der Waals surface area contributed by atoms with Crippen molar-refractivity contribution in [3.63, 3.8) is 0 Å². The van der Waals surface area contributed by atoms with Crippen LogP contribution in [0.5, 0.6) is 5.75 Å². The molecule has 1 aliphatic rings. The van der Waals surface area contributed by atoms with Crippen molar-refractivity contribution in [3.05, 3.63) is 115 Å². The molecule has 6 rings (SSSR count). The van der Waals surface area contributed by atoms with E-state index in [2.05, 4.69) is 50.1 Å². The topological polar surface area (TPSA) is 56.5 Å². The fourth-order valence-electron chi connectivity index (χ4n) is 5.29. The fourth-order valence-corrected chi connectivity index (χ4v) is 5.92. The molecule has 0 saturated heterocycles. The largest absolute Gasteiger partial charge is 0.488 e. The minimum Gasteiger partial charge on any atom is -0.488 e. The lowest BCUT2D eigenvalue weighted by Crippen LogP contribution is -2.25. The van der Waals surface area contributed by atoms with Gasteiger partial charge in [0.05, 0.1) is 17.1 Å². The first-order valence-corrected chi connectivity index (χ1v) is 14.8. The van der Waals surface area contributed by atoms with E-state index >= 15 is 0 Å². The van der Waals surface area contributed by atoms with E-state index in [1.165, 1.54) is 11.1 Å². The molecule has 0 atom stereocenters. The van der Waals surface area contributed by atoms with Crippen molar-refractivity contribution in [2.24, 2.45) is 5.10 Å². The van der Waals surface area contributed by atoms with E-state index in [0.29, 0.717) is 23.3 Å². The lowest BCUT2D eigenvalue weighted by atomic mass is 9.88. The Bertz CT molecular complexity index is 1740. The molecule has 1 heterocycles. The molecule has 1 fully saturated rings. The fraction of sp³-hybridized carbons (Fsp3) is 0.219. The van der Waals surface area contributed by atoms with Crippen LogP contribution in [0.2, 0.25) is 0 Å². The highest BCUT2D eigenvalue weighted by molar-refractivity contribution is 9.10. The molecule has 0 radical (unpaired) electrons. The highest BCUT2D eigenvalue weighted by atomic mass is 79.9. The standard InChI is InChI=1S/C32H27Br2N3O2/c33-24-13-10-21(11-14-24)20-39-30-17-12-22-6-4-5-9-26(22)28(30)19-35-37-31(23-7-2-1-3-8-23)36-29-16-15-25(34)18-27(29)32(37)38/h4-6,9-19,23H,1-3,7-8,20H2. The second-order valence-corrected chi connectivity index (χ2v) is 11.8. The van der Waals surface area contributed by atoms with Crippen LogP contribution in [0.3, 0.4) is 0 Å². The number of hydrogen-bond acceptors (Lipinski definition) is 4. The Hall–Kier alpha value is -3.29. The number of benzene rings is 4. The van der Waals surface area contributed by atoms with Gasteiger partial charge in [-0.2, -0.15) is 9.78 Å². The monoisotopic (exact) mass is 643 g/mol. The molecule has 196 valence electrons. The molecule has 1 saturated carbocycles. The second-order valence-electron chi connectivity index (χ2n) is 9.94.